The molecule has 0 aromatic rings. The Labute approximate surface area is 146 Å². The van der Waals surface area contributed by atoms with E-state index in [4.69, 9.17) is 0 Å². The molecule has 0 aromatic carbocycles. The van der Waals surface area contributed by atoms with Crippen molar-refractivity contribution < 1.29 is 13.2 Å². The van der Waals surface area contributed by atoms with Crippen LogP contribution in [0.25, 0.3) is 0 Å². The van der Waals surface area contributed by atoms with Crippen molar-refractivity contribution in [2.75, 3.05) is 45.8 Å². The van der Waals surface area contributed by atoms with Crippen molar-refractivity contribution >= 4 is 16.1 Å². The second kappa shape index (κ2) is 8.60. The van der Waals surface area contributed by atoms with Gasteiger partial charge in [-0.2, -0.15) is 17.0 Å². The van der Waals surface area contributed by atoms with Gasteiger partial charge in [0.2, 0.25) is 5.91 Å². The summed E-state index contributed by atoms with van der Waals surface area (Å²) in [5.41, 5.74) is 0. The van der Waals surface area contributed by atoms with Crippen LogP contribution < -0.4 is 5.32 Å². The van der Waals surface area contributed by atoms with Gasteiger partial charge in [-0.3, -0.25) is 9.69 Å². The first kappa shape index (κ1) is 19.6. The minimum absolute atomic E-state index is 0.0190. The molecule has 1 N–H and O–H groups in total. The number of piperazine rings is 1. The molecule has 24 heavy (non-hydrogen) atoms. The molecule has 2 rings (SSSR count). The summed E-state index contributed by atoms with van der Waals surface area (Å²) in [6.07, 6.45) is 2.95. The van der Waals surface area contributed by atoms with Crippen LogP contribution in [0.5, 0.6) is 0 Å². The molecule has 0 spiro atoms. The van der Waals surface area contributed by atoms with Crippen LogP contribution in [-0.2, 0) is 15.0 Å². The first-order chi connectivity index (χ1) is 11.3. The zero-order valence-corrected chi connectivity index (χ0v) is 16.0. The van der Waals surface area contributed by atoms with Crippen LogP contribution in [0.3, 0.4) is 0 Å². The number of hydrogen-bond donors (Lipinski definition) is 1. The van der Waals surface area contributed by atoms with Crippen molar-refractivity contribution in [2.24, 2.45) is 5.92 Å². The van der Waals surface area contributed by atoms with Gasteiger partial charge in [0.15, 0.2) is 0 Å². The van der Waals surface area contributed by atoms with E-state index in [0.29, 0.717) is 51.7 Å². The van der Waals surface area contributed by atoms with Crippen molar-refractivity contribution in [3.05, 3.63) is 0 Å². The monoisotopic (exact) mass is 360 g/mol. The van der Waals surface area contributed by atoms with Crippen LogP contribution in [0.2, 0.25) is 0 Å². The molecule has 140 valence electrons. The number of piperidine rings is 1. The number of nitrogens with one attached hydrogen (secondary N) is 1. The Morgan fingerprint density at radius 2 is 1.83 bits per heavy atom. The van der Waals surface area contributed by atoms with Crippen LogP contribution in [0.1, 0.15) is 40.0 Å². The maximum atomic E-state index is 12.8. The first-order valence-corrected chi connectivity index (χ1v) is 10.5. The lowest BCUT2D eigenvalue weighted by Crippen LogP contribution is -2.55. The maximum absolute atomic E-state index is 12.8. The average molecular weight is 361 g/mol. The van der Waals surface area contributed by atoms with Crippen molar-refractivity contribution in [3.8, 4) is 0 Å². The number of carbonyl (C=O) groups is 1. The first-order valence-electron chi connectivity index (χ1n) is 9.09. The highest BCUT2D eigenvalue weighted by Gasteiger charge is 2.34. The molecule has 2 unspecified atom stereocenters. The molecule has 2 atom stereocenters. The summed E-state index contributed by atoms with van der Waals surface area (Å²) >= 11 is 0. The summed E-state index contributed by atoms with van der Waals surface area (Å²) in [5, 5.41) is 2.95. The van der Waals surface area contributed by atoms with E-state index in [1.165, 1.54) is 0 Å². The number of nitrogens with zero attached hydrogens (tertiary/aromatic N) is 3. The number of hydrogen-bond acceptors (Lipinski definition) is 4. The topological polar surface area (TPSA) is 73.0 Å². The second-order valence-corrected chi connectivity index (χ2v) is 9.09. The Morgan fingerprint density at radius 3 is 2.42 bits per heavy atom. The third-order valence-corrected chi connectivity index (χ3v) is 6.99. The van der Waals surface area contributed by atoms with Gasteiger partial charge in [0.05, 0.1) is 6.54 Å². The molecule has 0 aromatic heterocycles. The van der Waals surface area contributed by atoms with Crippen LogP contribution in [0.15, 0.2) is 0 Å². The molecule has 2 heterocycles. The van der Waals surface area contributed by atoms with Crippen molar-refractivity contribution in [2.45, 2.75) is 46.1 Å². The Hall–Kier alpha value is -0.700. The predicted molar refractivity (Wildman–Crippen MR) is 94.8 cm³/mol. The fraction of sp³-hybridized carbons (Fsp3) is 0.938. The van der Waals surface area contributed by atoms with Gasteiger partial charge in [-0.15, -0.1) is 0 Å². The third kappa shape index (κ3) is 5.15. The summed E-state index contributed by atoms with van der Waals surface area (Å²) in [4.78, 5) is 14.0. The SMILES string of the molecule is CCC(C)NC(=O)CN1CCN(S(=O)(=O)N2CCCC(C)C2)CC1. The van der Waals surface area contributed by atoms with Crippen LogP contribution in [-0.4, -0.2) is 79.7 Å². The molecule has 2 aliphatic heterocycles. The molecular weight excluding hydrogens is 328 g/mol. The van der Waals surface area contributed by atoms with Gasteiger partial charge in [-0.1, -0.05) is 13.8 Å². The minimum Gasteiger partial charge on any atom is -0.353 e. The van der Waals surface area contributed by atoms with E-state index in [9.17, 15) is 13.2 Å². The summed E-state index contributed by atoms with van der Waals surface area (Å²) in [7, 11) is -3.35. The van der Waals surface area contributed by atoms with Gasteiger partial charge in [-0.25, -0.2) is 0 Å². The molecular formula is C16H32N4O3S. The normalized spacial score (nSPS) is 26.2. The van der Waals surface area contributed by atoms with Gasteiger partial charge in [0.1, 0.15) is 0 Å². The zero-order valence-electron chi connectivity index (χ0n) is 15.2. The van der Waals surface area contributed by atoms with Gasteiger partial charge < -0.3 is 5.32 Å². The van der Waals surface area contributed by atoms with Crippen molar-refractivity contribution in [1.82, 2.24) is 18.8 Å². The Kier molecular flexibility index (Phi) is 7.03. The lowest BCUT2D eigenvalue weighted by Gasteiger charge is -2.38. The second-order valence-electron chi connectivity index (χ2n) is 7.17. The van der Waals surface area contributed by atoms with Gasteiger partial charge in [-0.05, 0) is 32.1 Å². The fourth-order valence-electron chi connectivity index (χ4n) is 3.26. The Bertz CT molecular complexity index is 517. The smallest absolute Gasteiger partial charge is 0.282 e. The van der Waals surface area contributed by atoms with E-state index in [0.717, 1.165) is 19.3 Å². The lowest BCUT2D eigenvalue weighted by molar-refractivity contribution is -0.123. The molecule has 1 amide bonds. The van der Waals surface area contributed by atoms with E-state index < -0.39 is 10.2 Å². The van der Waals surface area contributed by atoms with Crippen LogP contribution in [0, 0.1) is 5.92 Å². The van der Waals surface area contributed by atoms with Gasteiger partial charge >= 0.3 is 0 Å². The molecule has 0 aliphatic carbocycles. The molecule has 0 saturated carbocycles. The van der Waals surface area contributed by atoms with Crippen LogP contribution in [0.4, 0.5) is 0 Å². The maximum Gasteiger partial charge on any atom is 0.282 e. The molecule has 7 nitrogen and oxygen atoms in total. The molecule has 2 aliphatic rings. The Balaban J connectivity index is 1.82. The lowest BCUT2D eigenvalue weighted by atomic mass is 10.0. The molecule has 0 bridgehead atoms. The van der Waals surface area contributed by atoms with Gasteiger partial charge in [0.25, 0.3) is 10.2 Å². The van der Waals surface area contributed by atoms with E-state index in [1.807, 2.05) is 18.7 Å². The number of rotatable bonds is 6. The highest BCUT2D eigenvalue weighted by Crippen LogP contribution is 2.21. The summed E-state index contributed by atoms with van der Waals surface area (Å²) in [6.45, 7) is 9.87. The molecule has 0 radical (unpaired) electrons. The minimum atomic E-state index is -3.35. The van der Waals surface area contributed by atoms with E-state index >= 15 is 0 Å². The molecule has 2 fully saturated rings. The molecule has 8 heteroatoms. The van der Waals surface area contributed by atoms with E-state index in [1.54, 1.807) is 8.61 Å². The van der Waals surface area contributed by atoms with E-state index in [2.05, 4.69) is 12.2 Å². The standard InChI is InChI=1S/C16H32N4O3S/c1-4-15(3)17-16(21)13-18-8-10-19(11-9-18)24(22,23)20-7-5-6-14(2)12-20/h14-15H,4-13H2,1-3H3,(H,17,21). The molecule has 2 saturated heterocycles. The quantitative estimate of drug-likeness (QED) is 0.748. The predicted octanol–water partition coefficient (Wildman–Crippen LogP) is 0.495. The number of carbonyl (C=O) groups excluding carboxylic acids is 1. The third-order valence-electron chi connectivity index (χ3n) is 4.99. The van der Waals surface area contributed by atoms with Crippen molar-refractivity contribution in [1.29, 1.82) is 0 Å². The Morgan fingerprint density at radius 1 is 1.17 bits per heavy atom. The fourth-order valence-corrected chi connectivity index (χ4v) is 5.02. The summed E-state index contributed by atoms with van der Waals surface area (Å²) in [5.74, 6) is 0.449. The largest absolute Gasteiger partial charge is 0.353 e. The number of amides is 1. The average Bonchev–Trinajstić information content (AvgIpc) is 2.55. The highest BCUT2D eigenvalue weighted by molar-refractivity contribution is 7.86. The van der Waals surface area contributed by atoms with Crippen molar-refractivity contribution in [3.63, 3.8) is 0 Å². The summed E-state index contributed by atoms with van der Waals surface area (Å²) in [6, 6.07) is 0.181. The van der Waals surface area contributed by atoms with E-state index in [-0.39, 0.29) is 11.9 Å². The highest BCUT2D eigenvalue weighted by atomic mass is 32.2. The van der Waals surface area contributed by atoms with Crippen LogP contribution >= 0.6 is 0 Å². The summed E-state index contributed by atoms with van der Waals surface area (Å²) < 4.78 is 28.7. The zero-order chi connectivity index (χ0) is 17.7. The van der Waals surface area contributed by atoms with Gasteiger partial charge in [0, 0.05) is 45.3 Å².